The summed E-state index contributed by atoms with van der Waals surface area (Å²) < 4.78 is 32.2. The smallest absolute Gasteiger partial charge is 0.240 e. The number of carbonyl (C=O) groups excluding carboxylic acids is 1. The van der Waals surface area contributed by atoms with Gasteiger partial charge in [-0.25, -0.2) is 13.1 Å². The minimum Gasteiger partial charge on any atom is -0.494 e. The number of hydrogen-bond acceptors (Lipinski definition) is 4. The van der Waals surface area contributed by atoms with Gasteiger partial charge in [0, 0.05) is 26.1 Å². The van der Waals surface area contributed by atoms with E-state index in [4.69, 9.17) is 4.74 Å². The molecule has 0 aliphatic heterocycles. The fourth-order valence-electron chi connectivity index (χ4n) is 2.25. The molecule has 0 unspecified atom stereocenters. The molecule has 2 rings (SSSR count). The third-order valence-corrected chi connectivity index (χ3v) is 4.96. The van der Waals surface area contributed by atoms with Gasteiger partial charge < -0.3 is 9.64 Å². The summed E-state index contributed by atoms with van der Waals surface area (Å²) in [5.41, 5.74) is 0. The Balaban J connectivity index is 1.91. The van der Waals surface area contributed by atoms with Crippen LogP contribution >= 0.6 is 0 Å². The third kappa shape index (κ3) is 4.45. The van der Waals surface area contributed by atoms with Gasteiger partial charge in [0.25, 0.3) is 0 Å². The van der Waals surface area contributed by atoms with Crippen LogP contribution in [0.4, 0.5) is 0 Å². The van der Waals surface area contributed by atoms with Gasteiger partial charge in [0.2, 0.25) is 15.9 Å². The van der Waals surface area contributed by atoms with E-state index in [-0.39, 0.29) is 23.4 Å². The largest absolute Gasteiger partial charge is 0.494 e. The molecule has 1 amide bonds. The quantitative estimate of drug-likeness (QED) is 0.783. The summed E-state index contributed by atoms with van der Waals surface area (Å²) in [6.45, 7) is 4.53. The van der Waals surface area contributed by atoms with Gasteiger partial charge >= 0.3 is 0 Å². The van der Waals surface area contributed by atoms with Gasteiger partial charge in [0.05, 0.1) is 11.5 Å². The van der Waals surface area contributed by atoms with Gasteiger partial charge in [-0.3, -0.25) is 4.79 Å². The van der Waals surface area contributed by atoms with Crippen molar-refractivity contribution in [3.63, 3.8) is 0 Å². The van der Waals surface area contributed by atoms with Crippen LogP contribution in [0.5, 0.6) is 5.75 Å². The monoisotopic (exact) mass is 326 g/mol. The molecule has 1 aliphatic carbocycles. The highest BCUT2D eigenvalue weighted by atomic mass is 32.2. The van der Waals surface area contributed by atoms with Crippen molar-refractivity contribution in [1.29, 1.82) is 0 Å². The first kappa shape index (κ1) is 16.8. The van der Waals surface area contributed by atoms with E-state index < -0.39 is 10.0 Å². The molecule has 0 bridgehead atoms. The highest BCUT2D eigenvalue weighted by molar-refractivity contribution is 7.89. The van der Waals surface area contributed by atoms with Crippen molar-refractivity contribution in [1.82, 2.24) is 9.62 Å². The van der Waals surface area contributed by atoms with Crippen molar-refractivity contribution >= 4 is 15.9 Å². The Labute approximate surface area is 131 Å². The molecule has 1 aliphatic rings. The topological polar surface area (TPSA) is 75.7 Å². The first-order chi connectivity index (χ1) is 10.4. The number of nitrogens with one attached hydrogen (secondary N) is 1. The summed E-state index contributed by atoms with van der Waals surface area (Å²) in [6, 6.07) is 6.56. The van der Waals surface area contributed by atoms with Crippen molar-refractivity contribution in [2.45, 2.75) is 37.6 Å². The predicted molar refractivity (Wildman–Crippen MR) is 83.2 cm³/mol. The third-order valence-electron chi connectivity index (χ3n) is 3.48. The molecule has 22 heavy (non-hydrogen) atoms. The average Bonchev–Trinajstić information content (AvgIpc) is 3.28. The number of hydrogen-bond donors (Lipinski definition) is 1. The lowest BCUT2D eigenvalue weighted by molar-refractivity contribution is -0.129. The van der Waals surface area contributed by atoms with Gasteiger partial charge in [-0.05, 0) is 44.0 Å². The molecular formula is C15H22N2O4S. The van der Waals surface area contributed by atoms with Crippen LogP contribution in [0.3, 0.4) is 0 Å². The maximum absolute atomic E-state index is 12.2. The van der Waals surface area contributed by atoms with E-state index in [9.17, 15) is 13.2 Å². The van der Waals surface area contributed by atoms with E-state index in [1.165, 1.54) is 19.1 Å². The summed E-state index contributed by atoms with van der Waals surface area (Å²) in [4.78, 5) is 13.4. The van der Waals surface area contributed by atoms with E-state index in [0.29, 0.717) is 18.9 Å². The number of carbonyl (C=O) groups is 1. The van der Waals surface area contributed by atoms with E-state index in [0.717, 1.165) is 12.8 Å². The first-order valence-corrected chi connectivity index (χ1v) is 8.92. The zero-order valence-electron chi connectivity index (χ0n) is 12.9. The minimum atomic E-state index is -3.56. The van der Waals surface area contributed by atoms with Crippen molar-refractivity contribution in [2.24, 2.45) is 0 Å². The van der Waals surface area contributed by atoms with Crippen LogP contribution in [0.25, 0.3) is 0 Å². The highest BCUT2D eigenvalue weighted by Crippen LogP contribution is 2.26. The number of rotatable bonds is 8. The number of ether oxygens (including phenoxy) is 1. The predicted octanol–water partition coefficient (Wildman–Crippen LogP) is 1.37. The number of nitrogens with zero attached hydrogens (tertiary/aromatic N) is 1. The van der Waals surface area contributed by atoms with E-state index in [1.54, 1.807) is 17.0 Å². The minimum absolute atomic E-state index is 0.0113. The van der Waals surface area contributed by atoms with Crippen molar-refractivity contribution < 1.29 is 17.9 Å². The second kappa shape index (κ2) is 7.11. The Morgan fingerprint density at radius 2 is 1.95 bits per heavy atom. The van der Waals surface area contributed by atoms with Gasteiger partial charge in [-0.1, -0.05) is 0 Å². The van der Waals surface area contributed by atoms with Crippen LogP contribution in [0.1, 0.15) is 26.7 Å². The Hall–Kier alpha value is -1.60. The van der Waals surface area contributed by atoms with Gasteiger partial charge in [-0.2, -0.15) is 0 Å². The van der Waals surface area contributed by atoms with Crippen molar-refractivity contribution in [3.05, 3.63) is 24.3 Å². The molecule has 122 valence electrons. The lowest BCUT2D eigenvalue weighted by Gasteiger charge is -2.20. The maximum Gasteiger partial charge on any atom is 0.240 e. The Bertz CT molecular complexity index is 609. The van der Waals surface area contributed by atoms with Crippen LogP contribution in [0.2, 0.25) is 0 Å². The van der Waals surface area contributed by atoms with Crippen LogP contribution < -0.4 is 9.46 Å². The molecule has 1 N–H and O–H groups in total. The SMILES string of the molecule is CCOc1ccc(S(=O)(=O)NCCN(C(C)=O)C2CC2)cc1. The number of amides is 1. The van der Waals surface area contributed by atoms with Crippen LogP contribution in [0.15, 0.2) is 29.2 Å². The standard InChI is InChI=1S/C15H22N2O4S/c1-3-21-14-6-8-15(9-7-14)22(19,20)16-10-11-17(12(2)18)13-4-5-13/h6-9,13,16H,3-5,10-11H2,1-2H3. The van der Waals surface area contributed by atoms with Crippen LogP contribution in [-0.4, -0.2) is 45.0 Å². The molecule has 0 spiro atoms. The molecule has 0 heterocycles. The molecule has 7 heteroatoms. The molecule has 1 saturated carbocycles. The number of sulfonamides is 1. The molecule has 0 atom stereocenters. The summed E-state index contributed by atoms with van der Waals surface area (Å²) in [5.74, 6) is 0.626. The molecule has 1 aromatic carbocycles. The normalized spacial score (nSPS) is 14.6. The molecule has 6 nitrogen and oxygen atoms in total. The lowest BCUT2D eigenvalue weighted by atomic mass is 10.3. The Morgan fingerprint density at radius 3 is 2.45 bits per heavy atom. The van der Waals surface area contributed by atoms with Gasteiger partial charge in [-0.15, -0.1) is 0 Å². The van der Waals surface area contributed by atoms with E-state index >= 15 is 0 Å². The molecule has 0 saturated heterocycles. The van der Waals surface area contributed by atoms with E-state index in [2.05, 4.69) is 4.72 Å². The van der Waals surface area contributed by atoms with Crippen molar-refractivity contribution in [2.75, 3.05) is 19.7 Å². The Kier molecular flexibility index (Phi) is 5.42. The first-order valence-electron chi connectivity index (χ1n) is 7.44. The fraction of sp³-hybridized carbons (Fsp3) is 0.533. The molecule has 0 radical (unpaired) electrons. The molecule has 1 aromatic rings. The molecular weight excluding hydrogens is 304 g/mol. The summed E-state index contributed by atoms with van der Waals surface area (Å²) in [7, 11) is -3.56. The maximum atomic E-state index is 12.2. The highest BCUT2D eigenvalue weighted by Gasteiger charge is 2.30. The average molecular weight is 326 g/mol. The zero-order chi connectivity index (χ0) is 16.2. The summed E-state index contributed by atoms with van der Waals surface area (Å²) >= 11 is 0. The summed E-state index contributed by atoms with van der Waals surface area (Å²) in [6.07, 6.45) is 2.01. The van der Waals surface area contributed by atoms with Gasteiger partial charge in [0.1, 0.15) is 5.75 Å². The second-order valence-corrected chi connectivity index (χ2v) is 7.01. The lowest BCUT2D eigenvalue weighted by Crippen LogP contribution is -2.38. The van der Waals surface area contributed by atoms with E-state index in [1.807, 2.05) is 6.92 Å². The second-order valence-electron chi connectivity index (χ2n) is 5.25. The van der Waals surface area contributed by atoms with Crippen LogP contribution in [0, 0.1) is 0 Å². The fourth-order valence-corrected chi connectivity index (χ4v) is 3.27. The number of benzene rings is 1. The summed E-state index contributed by atoms with van der Waals surface area (Å²) in [5, 5.41) is 0. The molecule has 1 fully saturated rings. The van der Waals surface area contributed by atoms with Gasteiger partial charge in [0.15, 0.2) is 0 Å². The Morgan fingerprint density at radius 1 is 1.32 bits per heavy atom. The van der Waals surface area contributed by atoms with Crippen molar-refractivity contribution in [3.8, 4) is 5.75 Å². The zero-order valence-corrected chi connectivity index (χ0v) is 13.7. The molecule has 0 aromatic heterocycles. The van der Waals surface area contributed by atoms with Crippen LogP contribution in [-0.2, 0) is 14.8 Å².